The lowest BCUT2D eigenvalue weighted by atomic mass is 9.81. The monoisotopic (exact) mass is 408 g/mol. The van der Waals surface area contributed by atoms with Crippen molar-refractivity contribution in [2.75, 3.05) is 26.7 Å². The fraction of sp³-hybridized carbons (Fsp3) is 0.480. The van der Waals surface area contributed by atoms with Gasteiger partial charge in [0.05, 0.1) is 7.11 Å². The number of methoxy groups -OCH3 is 1. The number of rotatable bonds is 5. The number of piperidine rings is 1. The molecule has 1 aliphatic carbocycles. The standard InChI is InChI=1S/C25H29FN2O2/c1-30-21-7-3-5-19(13-21)22-16-28(25(29)18-8-9-18)24-10-11-27(15-23(22)24)14-17-4-2-6-20(26)12-17/h2-7,12-13,18,22-24H,8-11,14-16H2,1H3/t22-,23-,24-/m1/s1. The van der Waals surface area contributed by atoms with Gasteiger partial charge in [-0.05, 0) is 54.7 Å². The number of amides is 1. The van der Waals surface area contributed by atoms with Crippen molar-refractivity contribution in [1.29, 1.82) is 0 Å². The van der Waals surface area contributed by atoms with E-state index in [1.54, 1.807) is 19.2 Å². The Balaban J connectivity index is 1.39. The molecule has 2 aromatic carbocycles. The lowest BCUT2D eigenvalue weighted by molar-refractivity contribution is -0.134. The van der Waals surface area contributed by atoms with Crippen molar-refractivity contribution in [2.45, 2.75) is 37.8 Å². The molecular formula is C25H29FN2O2. The fourth-order valence-electron chi connectivity index (χ4n) is 5.39. The highest BCUT2D eigenvalue weighted by molar-refractivity contribution is 5.82. The van der Waals surface area contributed by atoms with Crippen LogP contribution in [0.15, 0.2) is 48.5 Å². The third-order valence-corrected chi connectivity index (χ3v) is 7.04. The van der Waals surface area contributed by atoms with E-state index in [0.717, 1.165) is 56.8 Å². The van der Waals surface area contributed by atoms with Crippen LogP contribution in [0.5, 0.6) is 5.75 Å². The van der Waals surface area contributed by atoms with Crippen molar-refractivity contribution in [1.82, 2.24) is 9.80 Å². The summed E-state index contributed by atoms with van der Waals surface area (Å²) in [5.41, 5.74) is 2.26. The number of likely N-dealkylation sites (tertiary alicyclic amines) is 2. The lowest BCUT2D eigenvalue weighted by Gasteiger charge is -2.39. The average molecular weight is 409 g/mol. The van der Waals surface area contributed by atoms with Gasteiger partial charge in [-0.3, -0.25) is 9.69 Å². The molecular weight excluding hydrogens is 379 g/mol. The summed E-state index contributed by atoms with van der Waals surface area (Å²) in [6, 6.07) is 15.5. The van der Waals surface area contributed by atoms with Crippen molar-refractivity contribution < 1.29 is 13.9 Å². The van der Waals surface area contributed by atoms with Gasteiger partial charge in [-0.1, -0.05) is 24.3 Å². The predicted molar refractivity (Wildman–Crippen MR) is 114 cm³/mol. The molecule has 0 spiro atoms. The van der Waals surface area contributed by atoms with Crippen molar-refractivity contribution in [3.63, 3.8) is 0 Å². The molecule has 5 heteroatoms. The lowest BCUT2D eigenvalue weighted by Crippen LogP contribution is -2.48. The molecule has 0 unspecified atom stereocenters. The Morgan fingerprint density at radius 1 is 1.10 bits per heavy atom. The van der Waals surface area contributed by atoms with Crippen molar-refractivity contribution in [2.24, 2.45) is 11.8 Å². The molecule has 0 aromatic heterocycles. The van der Waals surface area contributed by atoms with Crippen LogP contribution in [-0.4, -0.2) is 48.5 Å². The first-order valence-corrected chi connectivity index (χ1v) is 11.0. The Bertz CT molecular complexity index is 929. The quantitative estimate of drug-likeness (QED) is 0.748. The molecule has 1 amide bonds. The molecule has 158 valence electrons. The second-order valence-corrected chi connectivity index (χ2v) is 9.03. The van der Waals surface area contributed by atoms with Gasteiger partial charge in [-0.25, -0.2) is 4.39 Å². The fourth-order valence-corrected chi connectivity index (χ4v) is 5.39. The summed E-state index contributed by atoms with van der Waals surface area (Å²) in [4.78, 5) is 17.6. The summed E-state index contributed by atoms with van der Waals surface area (Å²) in [7, 11) is 1.70. The highest BCUT2D eigenvalue weighted by Gasteiger charge is 2.49. The van der Waals surface area contributed by atoms with E-state index in [0.29, 0.717) is 23.8 Å². The molecule has 30 heavy (non-hydrogen) atoms. The number of nitrogens with zero attached hydrogens (tertiary/aromatic N) is 2. The molecule has 2 saturated heterocycles. The largest absolute Gasteiger partial charge is 0.497 e. The van der Waals surface area contributed by atoms with E-state index < -0.39 is 0 Å². The van der Waals surface area contributed by atoms with E-state index in [4.69, 9.17) is 4.74 Å². The molecule has 2 aliphatic heterocycles. The number of hydrogen-bond acceptors (Lipinski definition) is 3. The Morgan fingerprint density at radius 3 is 2.70 bits per heavy atom. The second-order valence-electron chi connectivity index (χ2n) is 9.03. The van der Waals surface area contributed by atoms with Crippen LogP contribution in [0.1, 0.15) is 36.3 Å². The number of fused-ring (bicyclic) bond motifs is 1. The summed E-state index contributed by atoms with van der Waals surface area (Å²) >= 11 is 0. The molecule has 4 nitrogen and oxygen atoms in total. The zero-order valence-electron chi connectivity index (χ0n) is 17.5. The number of ether oxygens (including phenoxy) is 1. The third kappa shape index (κ3) is 3.83. The smallest absolute Gasteiger partial charge is 0.225 e. The molecule has 2 heterocycles. The molecule has 0 bridgehead atoms. The topological polar surface area (TPSA) is 32.8 Å². The molecule has 3 fully saturated rings. The van der Waals surface area contributed by atoms with Crippen LogP contribution in [0.2, 0.25) is 0 Å². The molecule has 3 atom stereocenters. The van der Waals surface area contributed by atoms with Crippen LogP contribution in [-0.2, 0) is 11.3 Å². The maximum Gasteiger partial charge on any atom is 0.225 e. The summed E-state index contributed by atoms with van der Waals surface area (Å²) in [6.45, 7) is 3.42. The minimum absolute atomic E-state index is 0.182. The minimum atomic E-state index is -0.182. The second kappa shape index (κ2) is 8.03. The van der Waals surface area contributed by atoms with E-state index in [1.807, 2.05) is 18.2 Å². The molecule has 5 rings (SSSR count). The van der Waals surface area contributed by atoms with Crippen molar-refractivity contribution in [3.8, 4) is 5.75 Å². The van der Waals surface area contributed by atoms with Gasteiger partial charge in [0.2, 0.25) is 5.91 Å². The Kier molecular flexibility index (Phi) is 5.23. The van der Waals surface area contributed by atoms with Gasteiger partial charge in [0.15, 0.2) is 0 Å². The van der Waals surface area contributed by atoms with Gasteiger partial charge >= 0.3 is 0 Å². The molecule has 3 aliphatic rings. The molecule has 0 N–H and O–H groups in total. The van der Waals surface area contributed by atoms with Crippen LogP contribution in [0.4, 0.5) is 4.39 Å². The highest BCUT2D eigenvalue weighted by atomic mass is 19.1. The van der Waals surface area contributed by atoms with E-state index in [2.05, 4.69) is 21.9 Å². The normalized spacial score (nSPS) is 26.5. The Labute approximate surface area is 177 Å². The SMILES string of the molecule is COc1cccc([C@H]2CN(C(=O)C3CC3)[C@@H]3CCN(Cc4cccc(F)c4)C[C@H]23)c1. The first-order chi connectivity index (χ1) is 14.6. The van der Waals surface area contributed by atoms with Crippen LogP contribution in [0.25, 0.3) is 0 Å². The van der Waals surface area contributed by atoms with Gasteiger partial charge in [-0.2, -0.15) is 0 Å². The van der Waals surface area contributed by atoms with Crippen molar-refractivity contribution in [3.05, 3.63) is 65.5 Å². The van der Waals surface area contributed by atoms with E-state index in [9.17, 15) is 9.18 Å². The maximum absolute atomic E-state index is 13.6. The maximum atomic E-state index is 13.6. The Morgan fingerprint density at radius 2 is 1.93 bits per heavy atom. The number of benzene rings is 2. The highest BCUT2D eigenvalue weighted by Crippen LogP contribution is 2.44. The summed E-state index contributed by atoms with van der Waals surface area (Å²) < 4.78 is 19.1. The summed E-state index contributed by atoms with van der Waals surface area (Å²) in [5, 5.41) is 0. The van der Waals surface area contributed by atoms with E-state index in [-0.39, 0.29) is 11.7 Å². The van der Waals surface area contributed by atoms with E-state index >= 15 is 0 Å². The van der Waals surface area contributed by atoms with Gasteiger partial charge < -0.3 is 9.64 Å². The predicted octanol–water partition coefficient (Wildman–Crippen LogP) is 4.06. The summed E-state index contributed by atoms with van der Waals surface area (Å²) in [5.74, 6) is 1.99. The molecule has 0 radical (unpaired) electrons. The first kappa shape index (κ1) is 19.6. The van der Waals surface area contributed by atoms with Crippen LogP contribution >= 0.6 is 0 Å². The average Bonchev–Trinajstić information content (AvgIpc) is 3.54. The van der Waals surface area contributed by atoms with Gasteiger partial charge in [-0.15, -0.1) is 0 Å². The third-order valence-electron chi connectivity index (χ3n) is 7.04. The van der Waals surface area contributed by atoms with Gasteiger partial charge in [0, 0.05) is 50.0 Å². The number of halogens is 1. The van der Waals surface area contributed by atoms with Crippen LogP contribution < -0.4 is 4.74 Å². The van der Waals surface area contributed by atoms with Crippen LogP contribution in [0, 0.1) is 17.7 Å². The first-order valence-electron chi connectivity index (χ1n) is 11.0. The number of carbonyl (C=O) groups excluding carboxylic acids is 1. The minimum Gasteiger partial charge on any atom is -0.497 e. The summed E-state index contributed by atoms with van der Waals surface area (Å²) in [6.07, 6.45) is 3.07. The molecule has 1 saturated carbocycles. The van der Waals surface area contributed by atoms with Gasteiger partial charge in [0.1, 0.15) is 11.6 Å². The zero-order valence-corrected chi connectivity index (χ0v) is 17.5. The van der Waals surface area contributed by atoms with Gasteiger partial charge in [0.25, 0.3) is 0 Å². The number of carbonyl (C=O) groups is 1. The van der Waals surface area contributed by atoms with E-state index in [1.165, 1.54) is 11.6 Å². The Hall–Kier alpha value is -2.40. The zero-order chi connectivity index (χ0) is 20.7. The van der Waals surface area contributed by atoms with Crippen molar-refractivity contribution >= 4 is 5.91 Å². The number of hydrogen-bond donors (Lipinski definition) is 0. The van der Waals surface area contributed by atoms with Crippen LogP contribution in [0.3, 0.4) is 0 Å². The molecule has 2 aromatic rings.